The lowest BCUT2D eigenvalue weighted by molar-refractivity contribution is -0.142. The van der Waals surface area contributed by atoms with Crippen LogP contribution in [0.1, 0.15) is 25.7 Å². The third-order valence-corrected chi connectivity index (χ3v) is 2.80. The molecule has 0 bridgehead atoms. The van der Waals surface area contributed by atoms with Crippen molar-refractivity contribution >= 4 is 23.8 Å². The van der Waals surface area contributed by atoms with Gasteiger partial charge in [0.15, 0.2) is 0 Å². The number of ether oxygens (including phenoxy) is 1. The number of hydrogen-bond donors (Lipinski definition) is 4. The molecular weight excluding hydrogens is 270 g/mol. The zero-order valence-corrected chi connectivity index (χ0v) is 10.8. The summed E-state index contributed by atoms with van der Waals surface area (Å²) >= 11 is 0. The van der Waals surface area contributed by atoms with Gasteiger partial charge in [0.25, 0.3) is 0 Å². The van der Waals surface area contributed by atoms with Crippen molar-refractivity contribution in [1.82, 2.24) is 10.6 Å². The average molecular weight is 287 g/mol. The number of esters is 1. The third-order valence-electron chi connectivity index (χ3n) is 2.80. The third kappa shape index (κ3) is 5.22. The predicted octanol–water partition coefficient (Wildman–Crippen LogP) is -1.93. The van der Waals surface area contributed by atoms with E-state index in [0.29, 0.717) is 0 Å². The second-order valence-electron chi connectivity index (χ2n) is 4.37. The molecule has 1 aliphatic heterocycles. The number of aliphatic carboxylic acids is 1. The van der Waals surface area contributed by atoms with E-state index in [2.05, 4.69) is 15.4 Å². The molecule has 1 saturated heterocycles. The van der Waals surface area contributed by atoms with Gasteiger partial charge >= 0.3 is 11.9 Å². The van der Waals surface area contributed by atoms with Crippen LogP contribution >= 0.6 is 0 Å². The Morgan fingerprint density at radius 1 is 1.45 bits per heavy atom. The van der Waals surface area contributed by atoms with Crippen LogP contribution in [0.5, 0.6) is 0 Å². The highest BCUT2D eigenvalue weighted by Gasteiger charge is 2.27. The molecule has 20 heavy (non-hydrogen) atoms. The van der Waals surface area contributed by atoms with Gasteiger partial charge in [-0.2, -0.15) is 0 Å². The van der Waals surface area contributed by atoms with E-state index in [1.54, 1.807) is 0 Å². The van der Waals surface area contributed by atoms with E-state index < -0.39 is 35.8 Å². The van der Waals surface area contributed by atoms with Crippen molar-refractivity contribution in [3.05, 3.63) is 0 Å². The number of nitrogens with two attached hydrogens (primary N) is 1. The van der Waals surface area contributed by atoms with Gasteiger partial charge in [0.2, 0.25) is 11.8 Å². The highest BCUT2D eigenvalue weighted by molar-refractivity contribution is 5.85. The number of nitrogens with one attached hydrogen (secondary N) is 2. The first kappa shape index (κ1) is 15.9. The van der Waals surface area contributed by atoms with Crippen LogP contribution in [-0.2, 0) is 23.9 Å². The van der Waals surface area contributed by atoms with E-state index in [1.165, 1.54) is 0 Å². The lowest BCUT2D eigenvalue weighted by atomic mass is 10.1. The Labute approximate surface area is 114 Å². The van der Waals surface area contributed by atoms with Crippen molar-refractivity contribution in [2.45, 2.75) is 37.8 Å². The standard InChI is InChI=1S/C11H17N3O6/c12-8(15)3-1-6(10(17)18)14-9(16)4-2-7-11(19)20-5-13-7/h6-7,13H,1-5H2,(H2,12,15)(H,14,16)(H,17,18). The van der Waals surface area contributed by atoms with Crippen molar-refractivity contribution in [2.75, 3.05) is 6.73 Å². The highest BCUT2D eigenvalue weighted by atomic mass is 16.6. The molecule has 112 valence electrons. The zero-order chi connectivity index (χ0) is 15.1. The summed E-state index contributed by atoms with van der Waals surface area (Å²) in [5, 5.41) is 13.9. The summed E-state index contributed by atoms with van der Waals surface area (Å²) < 4.78 is 4.65. The van der Waals surface area contributed by atoms with Crippen molar-refractivity contribution in [3.8, 4) is 0 Å². The lowest BCUT2D eigenvalue weighted by Crippen LogP contribution is -2.42. The van der Waals surface area contributed by atoms with Gasteiger partial charge in [-0.05, 0) is 12.8 Å². The molecule has 5 N–H and O–H groups in total. The SMILES string of the molecule is NC(=O)CCC(NC(=O)CCC1NCOC1=O)C(=O)O. The van der Waals surface area contributed by atoms with Gasteiger partial charge in [0.1, 0.15) is 18.8 Å². The predicted molar refractivity (Wildman–Crippen MR) is 65.1 cm³/mol. The topological polar surface area (TPSA) is 148 Å². The van der Waals surface area contributed by atoms with Crippen LogP contribution in [0.2, 0.25) is 0 Å². The fourth-order valence-electron chi connectivity index (χ4n) is 1.70. The summed E-state index contributed by atoms with van der Waals surface area (Å²) in [4.78, 5) is 44.2. The maximum Gasteiger partial charge on any atom is 0.326 e. The van der Waals surface area contributed by atoms with E-state index in [0.717, 1.165) is 0 Å². The average Bonchev–Trinajstić information content (AvgIpc) is 2.77. The molecular formula is C11H17N3O6. The number of primary amides is 1. The lowest BCUT2D eigenvalue weighted by Gasteiger charge is -2.14. The van der Waals surface area contributed by atoms with Gasteiger partial charge in [-0.1, -0.05) is 0 Å². The molecule has 0 aromatic rings. The molecule has 9 nitrogen and oxygen atoms in total. The van der Waals surface area contributed by atoms with Crippen molar-refractivity contribution < 1.29 is 29.0 Å². The number of cyclic esters (lactones) is 1. The number of carboxylic acid groups (broad SMARTS) is 1. The number of carbonyl (C=O) groups excluding carboxylic acids is 3. The van der Waals surface area contributed by atoms with Gasteiger partial charge in [-0.25, -0.2) is 4.79 Å². The normalized spacial score (nSPS) is 19.2. The molecule has 0 aromatic carbocycles. The van der Waals surface area contributed by atoms with Crippen LogP contribution in [-0.4, -0.2) is 47.7 Å². The van der Waals surface area contributed by atoms with Crippen molar-refractivity contribution in [2.24, 2.45) is 5.73 Å². The van der Waals surface area contributed by atoms with Crippen LogP contribution in [0.25, 0.3) is 0 Å². The number of amides is 2. The van der Waals surface area contributed by atoms with Crippen LogP contribution in [0.15, 0.2) is 0 Å². The van der Waals surface area contributed by atoms with Gasteiger partial charge in [-0.3, -0.25) is 19.7 Å². The van der Waals surface area contributed by atoms with Crippen LogP contribution in [0.3, 0.4) is 0 Å². The minimum Gasteiger partial charge on any atom is -0.480 e. The van der Waals surface area contributed by atoms with Crippen molar-refractivity contribution in [1.29, 1.82) is 0 Å². The minimum atomic E-state index is -1.24. The molecule has 0 aromatic heterocycles. The first-order chi connectivity index (χ1) is 9.40. The number of carboxylic acids is 1. The molecule has 1 heterocycles. The van der Waals surface area contributed by atoms with Crippen molar-refractivity contribution in [3.63, 3.8) is 0 Å². The molecule has 1 rings (SSSR count). The fourth-order valence-corrected chi connectivity index (χ4v) is 1.70. The molecule has 1 fully saturated rings. The summed E-state index contributed by atoms with van der Waals surface area (Å²) in [6.07, 6.45) is -0.00613. The Bertz CT molecular complexity index is 411. The molecule has 2 amide bonds. The Morgan fingerprint density at radius 3 is 2.65 bits per heavy atom. The van der Waals surface area contributed by atoms with Gasteiger partial charge in [-0.15, -0.1) is 0 Å². The zero-order valence-electron chi connectivity index (χ0n) is 10.8. The minimum absolute atomic E-state index is 0.0207. The second kappa shape index (κ2) is 7.43. The maximum atomic E-state index is 11.6. The van der Waals surface area contributed by atoms with Gasteiger partial charge in [0.05, 0.1) is 0 Å². The Balaban J connectivity index is 2.35. The van der Waals surface area contributed by atoms with E-state index >= 15 is 0 Å². The molecule has 9 heteroatoms. The van der Waals surface area contributed by atoms with E-state index in [1.807, 2.05) is 0 Å². The molecule has 0 spiro atoms. The molecule has 1 aliphatic rings. The van der Waals surface area contributed by atoms with Crippen LogP contribution in [0, 0.1) is 0 Å². The summed E-state index contributed by atoms with van der Waals surface area (Å²) in [5.41, 5.74) is 4.92. The van der Waals surface area contributed by atoms with E-state index in [-0.39, 0.29) is 32.4 Å². The van der Waals surface area contributed by atoms with Gasteiger partial charge in [0, 0.05) is 12.8 Å². The Hall–Kier alpha value is -2.16. The molecule has 2 unspecified atom stereocenters. The summed E-state index contributed by atoms with van der Waals surface area (Å²) in [6.45, 7) is 0.113. The molecule has 0 radical (unpaired) electrons. The first-order valence-electron chi connectivity index (χ1n) is 6.10. The van der Waals surface area contributed by atoms with E-state index in [4.69, 9.17) is 10.8 Å². The maximum absolute atomic E-state index is 11.6. The Kier molecular flexibility index (Phi) is 5.91. The number of rotatable bonds is 8. The second-order valence-corrected chi connectivity index (χ2v) is 4.37. The summed E-state index contributed by atoms with van der Waals surface area (Å²) in [7, 11) is 0. The van der Waals surface area contributed by atoms with E-state index in [9.17, 15) is 19.2 Å². The van der Waals surface area contributed by atoms with Crippen LogP contribution in [0.4, 0.5) is 0 Å². The molecule has 0 aliphatic carbocycles. The highest BCUT2D eigenvalue weighted by Crippen LogP contribution is 2.06. The smallest absolute Gasteiger partial charge is 0.326 e. The number of carbonyl (C=O) groups is 4. The quantitative estimate of drug-likeness (QED) is 0.380. The Morgan fingerprint density at radius 2 is 2.15 bits per heavy atom. The summed E-state index contributed by atoms with van der Waals surface area (Å²) in [5.74, 6) is -2.81. The van der Waals surface area contributed by atoms with Crippen LogP contribution < -0.4 is 16.4 Å². The number of hydrogen-bond acceptors (Lipinski definition) is 6. The fraction of sp³-hybridized carbons (Fsp3) is 0.636. The largest absolute Gasteiger partial charge is 0.480 e. The van der Waals surface area contributed by atoms with Gasteiger partial charge < -0.3 is 20.9 Å². The summed E-state index contributed by atoms with van der Waals surface area (Å²) in [6, 6.07) is -1.71. The molecule has 2 atom stereocenters. The monoisotopic (exact) mass is 287 g/mol. The molecule has 0 saturated carbocycles. The first-order valence-corrected chi connectivity index (χ1v) is 6.10.